The van der Waals surface area contributed by atoms with Gasteiger partial charge in [0.15, 0.2) is 0 Å². The van der Waals surface area contributed by atoms with E-state index < -0.39 is 0 Å². The zero-order valence-corrected chi connectivity index (χ0v) is 13.4. The van der Waals surface area contributed by atoms with Crippen molar-refractivity contribution in [3.8, 4) is 0 Å². The maximum Gasteiger partial charge on any atom is 0.289 e. The summed E-state index contributed by atoms with van der Waals surface area (Å²) < 4.78 is 0. The van der Waals surface area contributed by atoms with Crippen molar-refractivity contribution in [1.82, 2.24) is 15.3 Å². The number of rotatable bonds is 4. The number of fused-ring (bicyclic) bond motifs is 1. The smallest absolute Gasteiger partial charge is 0.289 e. The average Bonchev–Trinajstić information content (AvgIpc) is 3.41. The molecule has 0 saturated heterocycles. The van der Waals surface area contributed by atoms with Crippen LogP contribution in [0.1, 0.15) is 29.0 Å². The van der Waals surface area contributed by atoms with Crippen molar-refractivity contribution in [3.63, 3.8) is 0 Å². The van der Waals surface area contributed by atoms with Gasteiger partial charge in [0, 0.05) is 17.1 Å². The molecule has 0 radical (unpaired) electrons. The lowest BCUT2D eigenvalue weighted by Crippen LogP contribution is -2.27. The first-order chi connectivity index (χ1) is 11.7. The number of carbonyl (C=O) groups is 1. The Morgan fingerprint density at radius 3 is 2.54 bits per heavy atom. The van der Waals surface area contributed by atoms with Gasteiger partial charge in [0.2, 0.25) is 5.82 Å². The predicted octanol–water partition coefficient (Wildman–Crippen LogP) is 3.57. The molecule has 4 rings (SSSR count). The summed E-state index contributed by atoms with van der Waals surface area (Å²) in [5, 5.41) is 7.14. The summed E-state index contributed by atoms with van der Waals surface area (Å²) in [6.45, 7) is 2.05. The third kappa shape index (κ3) is 3.06. The summed E-state index contributed by atoms with van der Waals surface area (Å²) in [7, 11) is 0. The molecule has 120 valence electrons. The number of hydrogen-bond donors (Lipinski definition) is 2. The lowest BCUT2D eigenvalue weighted by molar-refractivity contribution is 0.0941. The minimum absolute atomic E-state index is 0.204. The maximum atomic E-state index is 12.3. The van der Waals surface area contributed by atoms with Crippen molar-refractivity contribution in [1.29, 1.82) is 0 Å². The minimum Gasteiger partial charge on any atom is -0.347 e. The van der Waals surface area contributed by atoms with Gasteiger partial charge in [0.05, 0.1) is 5.52 Å². The minimum atomic E-state index is -0.213. The van der Waals surface area contributed by atoms with Crippen LogP contribution in [0.15, 0.2) is 48.5 Å². The van der Waals surface area contributed by atoms with Gasteiger partial charge in [0.1, 0.15) is 5.82 Å². The van der Waals surface area contributed by atoms with Gasteiger partial charge < -0.3 is 10.6 Å². The second-order valence-corrected chi connectivity index (χ2v) is 6.15. The Hall–Kier alpha value is -2.95. The monoisotopic (exact) mass is 318 g/mol. The lowest BCUT2D eigenvalue weighted by Gasteiger charge is -2.11. The fourth-order valence-corrected chi connectivity index (χ4v) is 2.52. The molecular formula is C19H18N4O. The van der Waals surface area contributed by atoms with Crippen molar-refractivity contribution < 1.29 is 4.79 Å². The zero-order valence-electron chi connectivity index (χ0n) is 13.4. The number of para-hydroxylation sites is 1. The molecule has 1 aliphatic rings. The van der Waals surface area contributed by atoms with Gasteiger partial charge in [-0.3, -0.25) is 4.79 Å². The van der Waals surface area contributed by atoms with E-state index in [1.54, 1.807) is 0 Å². The molecule has 0 spiro atoms. The molecule has 5 nitrogen and oxygen atoms in total. The molecule has 3 aromatic rings. The normalized spacial score (nSPS) is 13.7. The first-order valence-electron chi connectivity index (χ1n) is 8.10. The van der Waals surface area contributed by atoms with Crippen LogP contribution in [0.2, 0.25) is 0 Å². The Morgan fingerprint density at radius 1 is 1.04 bits per heavy atom. The number of nitrogens with zero attached hydrogens (tertiary/aromatic N) is 2. The van der Waals surface area contributed by atoms with E-state index in [1.807, 2.05) is 55.5 Å². The Morgan fingerprint density at radius 2 is 1.79 bits per heavy atom. The molecule has 1 heterocycles. The van der Waals surface area contributed by atoms with Crippen molar-refractivity contribution in [3.05, 3.63) is 59.9 Å². The van der Waals surface area contributed by atoms with Crippen molar-refractivity contribution in [2.75, 3.05) is 5.32 Å². The molecule has 2 aromatic carbocycles. The van der Waals surface area contributed by atoms with Gasteiger partial charge >= 0.3 is 0 Å². The van der Waals surface area contributed by atoms with Crippen LogP contribution in [-0.2, 0) is 0 Å². The highest BCUT2D eigenvalue weighted by Gasteiger charge is 2.25. The molecule has 1 fully saturated rings. The standard InChI is InChI=1S/C19H18N4O/c1-12-6-8-13(9-7-12)20-17-15-4-2-3-5-16(15)22-18(23-17)19(24)21-14-10-11-14/h2-9,14H,10-11H2,1H3,(H,21,24)(H,20,22,23). The number of nitrogens with one attached hydrogen (secondary N) is 2. The number of anilines is 2. The van der Waals surface area contributed by atoms with Crippen LogP contribution in [0, 0.1) is 6.92 Å². The van der Waals surface area contributed by atoms with E-state index in [0.29, 0.717) is 5.82 Å². The Bertz CT molecular complexity index is 901. The fourth-order valence-electron chi connectivity index (χ4n) is 2.52. The molecule has 0 unspecified atom stereocenters. The van der Waals surface area contributed by atoms with Crippen molar-refractivity contribution in [2.24, 2.45) is 0 Å². The van der Waals surface area contributed by atoms with Crippen molar-refractivity contribution in [2.45, 2.75) is 25.8 Å². The van der Waals surface area contributed by atoms with E-state index >= 15 is 0 Å². The first-order valence-corrected chi connectivity index (χ1v) is 8.10. The van der Waals surface area contributed by atoms with E-state index in [0.717, 1.165) is 29.4 Å². The van der Waals surface area contributed by atoms with Crippen LogP contribution < -0.4 is 10.6 Å². The van der Waals surface area contributed by atoms with Gasteiger partial charge in [-0.2, -0.15) is 0 Å². The highest BCUT2D eigenvalue weighted by molar-refractivity contribution is 5.97. The highest BCUT2D eigenvalue weighted by atomic mass is 16.2. The molecular weight excluding hydrogens is 300 g/mol. The summed E-state index contributed by atoms with van der Waals surface area (Å²) in [6, 6.07) is 16.0. The van der Waals surface area contributed by atoms with Crippen LogP contribution in [0.4, 0.5) is 11.5 Å². The van der Waals surface area contributed by atoms with Crippen LogP contribution >= 0.6 is 0 Å². The first kappa shape index (κ1) is 14.6. The Kier molecular flexibility index (Phi) is 3.61. The molecule has 0 atom stereocenters. The molecule has 1 aliphatic carbocycles. The number of hydrogen-bond acceptors (Lipinski definition) is 4. The largest absolute Gasteiger partial charge is 0.347 e. The van der Waals surface area contributed by atoms with E-state index in [4.69, 9.17) is 0 Å². The number of carbonyl (C=O) groups excluding carboxylic acids is 1. The van der Waals surface area contributed by atoms with Crippen molar-refractivity contribution >= 4 is 28.3 Å². The maximum absolute atomic E-state index is 12.3. The highest BCUT2D eigenvalue weighted by Crippen LogP contribution is 2.25. The van der Waals surface area contributed by atoms with E-state index in [1.165, 1.54) is 5.56 Å². The molecule has 2 N–H and O–H groups in total. The summed E-state index contributed by atoms with van der Waals surface area (Å²) in [6.07, 6.45) is 2.07. The van der Waals surface area contributed by atoms with Gasteiger partial charge in [-0.1, -0.05) is 29.8 Å². The molecule has 1 aromatic heterocycles. The van der Waals surface area contributed by atoms with E-state index in [-0.39, 0.29) is 17.8 Å². The van der Waals surface area contributed by atoms with Crippen LogP contribution in [0.25, 0.3) is 10.9 Å². The van der Waals surface area contributed by atoms with E-state index in [9.17, 15) is 4.79 Å². The topological polar surface area (TPSA) is 66.9 Å². The summed E-state index contributed by atoms with van der Waals surface area (Å²) in [5.74, 6) is 0.635. The Labute approximate surface area is 140 Å². The zero-order chi connectivity index (χ0) is 16.5. The molecule has 0 aliphatic heterocycles. The fraction of sp³-hybridized carbons (Fsp3) is 0.211. The quantitative estimate of drug-likeness (QED) is 0.771. The lowest BCUT2D eigenvalue weighted by atomic mass is 10.2. The Balaban J connectivity index is 1.73. The SMILES string of the molecule is Cc1ccc(Nc2nc(C(=O)NC3CC3)nc3ccccc23)cc1. The number of aryl methyl sites for hydroxylation is 1. The molecule has 24 heavy (non-hydrogen) atoms. The second-order valence-electron chi connectivity index (χ2n) is 6.15. The molecule has 1 saturated carbocycles. The van der Waals surface area contributed by atoms with Gasteiger partial charge in [-0.25, -0.2) is 9.97 Å². The van der Waals surface area contributed by atoms with E-state index in [2.05, 4.69) is 20.6 Å². The summed E-state index contributed by atoms with van der Waals surface area (Å²) in [4.78, 5) is 21.2. The predicted molar refractivity (Wildman–Crippen MR) is 94.5 cm³/mol. The van der Waals surface area contributed by atoms with Crippen LogP contribution in [0.3, 0.4) is 0 Å². The van der Waals surface area contributed by atoms with Gasteiger partial charge in [0.25, 0.3) is 5.91 Å². The number of amides is 1. The third-order valence-electron chi connectivity index (χ3n) is 4.03. The summed E-state index contributed by atoms with van der Waals surface area (Å²) >= 11 is 0. The molecule has 1 amide bonds. The average molecular weight is 318 g/mol. The third-order valence-corrected chi connectivity index (χ3v) is 4.03. The second kappa shape index (κ2) is 5.92. The van der Waals surface area contributed by atoms with Crippen LogP contribution in [0.5, 0.6) is 0 Å². The van der Waals surface area contributed by atoms with Gasteiger partial charge in [-0.05, 0) is 44.0 Å². The number of benzene rings is 2. The molecule has 5 heteroatoms. The van der Waals surface area contributed by atoms with Crippen LogP contribution in [-0.4, -0.2) is 21.9 Å². The molecule has 0 bridgehead atoms. The summed E-state index contributed by atoms with van der Waals surface area (Å²) in [5.41, 5.74) is 2.87. The van der Waals surface area contributed by atoms with Gasteiger partial charge in [-0.15, -0.1) is 0 Å². The number of aromatic nitrogens is 2.